The molecular weight excluding hydrogens is 656 g/mol. The number of hydrogen-bond donors (Lipinski definition) is 7. The maximum absolute atomic E-state index is 12.5. The summed E-state index contributed by atoms with van der Waals surface area (Å²) in [6.07, 6.45) is 3.93. The number of carbonyl (C=O) groups is 1. The highest BCUT2D eigenvalue weighted by Gasteiger charge is 2.47. The van der Waals surface area contributed by atoms with Gasteiger partial charge in [0.05, 0.1) is 26.4 Å². The van der Waals surface area contributed by atoms with Crippen LogP contribution in [0.4, 0.5) is 0 Å². The smallest absolute Gasteiger partial charge is 0.306 e. The molecule has 0 spiro atoms. The lowest BCUT2D eigenvalue weighted by molar-refractivity contribution is -0.332. The molecule has 0 aromatic heterocycles. The second kappa shape index (κ2) is 26.5. The minimum atomic E-state index is -1.70. The lowest BCUT2D eigenvalue weighted by Gasteiger charge is -2.42. The third kappa shape index (κ3) is 16.6. The van der Waals surface area contributed by atoms with E-state index in [-0.39, 0.29) is 19.6 Å². The first kappa shape index (κ1) is 44.9. The van der Waals surface area contributed by atoms with Crippen LogP contribution in [0.15, 0.2) is 12.2 Å². The number of aliphatic hydroxyl groups excluding tert-OH is 7. The first-order valence-corrected chi connectivity index (χ1v) is 18.8. The molecule has 0 aliphatic carbocycles. The molecule has 2 aliphatic heterocycles. The summed E-state index contributed by atoms with van der Waals surface area (Å²) in [6, 6.07) is 0. The molecule has 7 N–H and O–H groups in total. The lowest BCUT2D eigenvalue weighted by atomic mass is 9.98. The molecule has 50 heavy (non-hydrogen) atoms. The second-order valence-electron chi connectivity index (χ2n) is 13.4. The van der Waals surface area contributed by atoms with Gasteiger partial charge in [0.2, 0.25) is 0 Å². The molecule has 0 radical (unpaired) electrons. The molecule has 0 amide bonds. The van der Waals surface area contributed by atoms with Crippen LogP contribution in [-0.4, -0.2) is 142 Å². The fourth-order valence-corrected chi connectivity index (χ4v) is 5.81. The van der Waals surface area contributed by atoms with E-state index in [0.717, 1.165) is 38.5 Å². The summed E-state index contributed by atoms with van der Waals surface area (Å²) in [7, 11) is 0. The first-order valence-electron chi connectivity index (χ1n) is 18.8. The first-order chi connectivity index (χ1) is 24.1. The molecule has 2 heterocycles. The maximum atomic E-state index is 12.5. The summed E-state index contributed by atoms with van der Waals surface area (Å²) in [5.41, 5.74) is 0. The second-order valence-corrected chi connectivity index (χ2v) is 13.4. The van der Waals surface area contributed by atoms with Gasteiger partial charge in [-0.25, -0.2) is 0 Å². The van der Waals surface area contributed by atoms with Crippen LogP contribution in [0, 0.1) is 0 Å². The van der Waals surface area contributed by atoms with E-state index >= 15 is 0 Å². The lowest BCUT2D eigenvalue weighted by Crippen LogP contribution is -2.61. The summed E-state index contributed by atoms with van der Waals surface area (Å²) in [5.74, 6) is -0.405. The largest absolute Gasteiger partial charge is 0.457 e. The molecule has 294 valence electrons. The topological polar surface area (TPSA) is 214 Å². The van der Waals surface area contributed by atoms with Gasteiger partial charge in [0.1, 0.15) is 54.9 Å². The minimum absolute atomic E-state index is 0.0573. The van der Waals surface area contributed by atoms with Crippen molar-refractivity contribution in [3.8, 4) is 0 Å². The number of rotatable bonds is 27. The monoisotopic (exact) mass is 722 g/mol. The maximum Gasteiger partial charge on any atom is 0.306 e. The van der Waals surface area contributed by atoms with Crippen LogP contribution < -0.4 is 0 Å². The van der Waals surface area contributed by atoms with Gasteiger partial charge in [-0.1, -0.05) is 77.4 Å². The minimum Gasteiger partial charge on any atom is -0.457 e. The number of carbonyl (C=O) groups excluding carboxylic acids is 1. The highest BCUT2D eigenvalue weighted by atomic mass is 16.7. The Morgan fingerprint density at radius 1 is 0.640 bits per heavy atom. The molecule has 11 unspecified atom stereocenters. The average molecular weight is 723 g/mol. The summed E-state index contributed by atoms with van der Waals surface area (Å²) in [6.45, 7) is 3.43. The fraction of sp³-hybridized carbons (Fsp3) is 0.917. The molecule has 14 heteroatoms. The van der Waals surface area contributed by atoms with E-state index in [9.17, 15) is 40.5 Å². The molecule has 0 aromatic rings. The molecular formula is C36H66O14. The highest BCUT2D eigenvalue weighted by molar-refractivity contribution is 5.69. The summed E-state index contributed by atoms with van der Waals surface area (Å²) >= 11 is 0. The van der Waals surface area contributed by atoms with Crippen molar-refractivity contribution in [2.24, 2.45) is 0 Å². The van der Waals surface area contributed by atoms with Crippen LogP contribution in [0.2, 0.25) is 0 Å². The molecule has 2 rings (SSSR count). The van der Waals surface area contributed by atoms with Gasteiger partial charge in [-0.2, -0.15) is 0 Å². The van der Waals surface area contributed by atoms with E-state index in [1.165, 1.54) is 44.9 Å². The van der Waals surface area contributed by atoms with Crippen molar-refractivity contribution in [2.75, 3.05) is 33.0 Å². The molecule has 2 saturated heterocycles. The zero-order valence-electron chi connectivity index (χ0n) is 30.1. The third-order valence-electron chi connectivity index (χ3n) is 9.02. The number of esters is 1. The van der Waals surface area contributed by atoms with Crippen LogP contribution in [0.3, 0.4) is 0 Å². The standard InChI is InChI=1S/C36H66O14/c1-3-5-7-8-9-10-11-12-13-14-15-16-18-20-45-22-25(48-28(38)19-17-6-4-2)23-46-35-34(44)32(42)30(40)27(50-35)24-47-36-33(43)31(41)29(39)26(21-37)49-36/h9-10,25-27,29-37,39-44H,3-8,11-24H2,1-2H3/b10-9-. The summed E-state index contributed by atoms with van der Waals surface area (Å²) < 4.78 is 33.6. The Bertz CT molecular complexity index is 891. The molecule has 0 saturated carbocycles. The molecule has 14 nitrogen and oxygen atoms in total. The van der Waals surface area contributed by atoms with Crippen LogP contribution in [0.25, 0.3) is 0 Å². The predicted octanol–water partition coefficient (Wildman–Crippen LogP) is 2.00. The summed E-state index contributed by atoms with van der Waals surface area (Å²) in [4.78, 5) is 12.5. The van der Waals surface area contributed by atoms with E-state index in [1.807, 2.05) is 6.92 Å². The van der Waals surface area contributed by atoms with Crippen LogP contribution in [-0.2, 0) is 33.2 Å². The van der Waals surface area contributed by atoms with Gasteiger partial charge in [-0.3, -0.25) is 4.79 Å². The van der Waals surface area contributed by atoms with E-state index in [1.54, 1.807) is 0 Å². The van der Waals surface area contributed by atoms with E-state index in [4.69, 9.17) is 28.4 Å². The van der Waals surface area contributed by atoms with Gasteiger partial charge in [-0.05, 0) is 38.5 Å². The van der Waals surface area contributed by atoms with E-state index in [2.05, 4.69) is 19.1 Å². The van der Waals surface area contributed by atoms with Crippen LogP contribution in [0.5, 0.6) is 0 Å². The van der Waals surface area contributed by atoms with Crippen LogP contribution in [0.1, 0.15) is 110 Å². The zero-order chi connectivity index (χ0) is 36.7. The van der Waals surface area contributed by atoms with Gasteiger partial charge >= 0.3 is 5.97 Å². The predicted molar refractivity (Wildman–Crippen MR) is 183 cm³/mol. The molecule has 11 atom stereocenters. The Morgan fingerprint density at radius 2 is 1.18 bits per heavy atom. The van der Waals surface area contributed by atoms with Gasteiger partial charge in [0.25, 0.3) is 0 Å². The summed E-state index contributed by atoms with van der Waals surface area (Å²) in [5, 5.41) is 71.2. The normalized spacial score (nSPS) is 30.9. The van der Waals surface area contributed by atoms with Gasteiger partial charge in [0, 0.05) is 13.0 Å². The van der Waals surface area contributed by atoms with Crippen molar-refractivity contribution in [3.05, 3.63) is 12.2 Å². The Morgan fingerprint density at radius 3 is 1.82 bits per heavy atom. The molecule has 2 aliphatic rings. The Labute approximate surface area is 297 Å². The van der Waals surface area contributed by atoms with E-state index < -0.39 is 86.7 Å². The number of hydrogen-bond acceptors (Lipinski definition) is 14. The zero-order valence-corrected chi connectivity index (χ0v) is 30.1. The van der Waals surface area contributed by atoms with Crippen molar-refractivity contribution in [1.29, 1.82) is 0 Å². The number of allylic oxidation sites excluding steroid dienone is 2. The quantitative estimate of drug-likeness (QED) is 0.0367. The van der Waals surface area contributed by atoms with Crippen molar-refractivity contribution in [1.82, 2.24) is 0 Å². The van der Waals surface area contributed by atoms with Crippen LogP contribution >= 0.6 is 0 Å². The van der Waals surface area contributed by atoms with Crippen molar-refractivity contribution < 1.29 is 69.0 Å². The fourth-order valence-electron chi connectivity index (χ4n) is 5.81. The molecule has 2 fully saturated rings. The SMILES string of the molecule is CCCCC/C=C\CCCCCCCCOCC(COC1OC(COC2OC(CO)C(O)C(O)C2O)C(O)C(O)C1O)OC(=O)CCCCC. The third-order valence-corrected chi connectivity index (χ3v) is 9.02. The number of ether oxygens (including phenoxy) is 6. The number of aliphatic hydroxyl groups is 7. The number of unbranched alkanes of at least 4 members (excludes halogenated alkanes) is 11. The van der Waals surface area contributed by atoms with Crippen molar-refractivity contribution in [3.63, 3.8) is 0 Å². The Kier molecular flexibility index (Phi) is 23.8. The molecule has 0 aromatic carbocycles. The van der Waals surface area contributed by atoms with E-state index in [0.29, 0.717) is 13.0 Å². The Balaban J connectivity index is 1.80. The van der Waals surface area contributed by atoms with Gasteiger partial charge in [0.15, 0.2) is 12.6 Å². The van der Waals surface area contributed by atoms with Crippen molar-refractivity contribution >= 4 is 5.97 Å². The Hall–Kier alpha value is -1.27. The van der Waals surface area contributed by atoms with Gasteiger partial charge in [-0.15, -0.1) is 0 Å². The molecule has 0 bridgehead atoms. The van der Waals surface area contributed by atoms with Gasteiger partial charge < -0.3 is 64.2 Å². The highest BCUT2D eigenvalue weighted by Crippen LogP contribution is 2.26. The van der Waals surface area contributed by atoms with Crippen molar-refractivity contribution in [2.45, 2.75) is 178 Å². The average Bonchev–Trinajstić information content (AvgIpc) is 3.11.